The van der Waals surface area contributed by atoms with Crippen LogP contribution in [0.3, 0.4) is 0 Å². The fourth-order valence-electron chi connectivity index (χ4n) is 4.31. The molecule has 1 fully saturated rings. The lowest BCUT2D eigenvalue weighted by molar-refractivity contribution is 0.0999. The highest BCUT2D eigenvalue weighted by Crippen LogP contribution is 2.31. The average molecular weight is 382 g/mol. The second-order valence-corrected chi connectivity index (χ2v) is 7.27. The highest BCUT2D eigenvalue weighted by molar-refractivity contribution is 5.95. The number of carbonyl (C=O) groups excluding carboxylic acids is 1. The number of hydrogen-bond acceptors (Lipinski definition) is 4. The molecule has 0 aliphatic carbocycles. The van der Waals surface area contributed by atoms with E-state index < -0.39 is 0 Å². The number of methoxy groups -OCH3 is 1. The number of primary amides is 1. The predicted molar refractivity (Wildman–Crippen MR) is 114 cm³/mol. The summed E-state index contributed by atoms with van der Waals surface area (Å²) < 4.78 is 5.38. The number of ether oxygens (including phenoxy) is 1. The van der Waals surface area contributed by atoms with Crippen molar-refractivity contribution in [1.29, 1.82) is 0 Å². The Bertz CT molecular complexity index is 835. The number of nitrogens with two attached hydrogens (primary N) is 1. The van der Waals surface area contributed by atoms with Gasteiger partial charge in [-0.25, -0.2) is 0 Å². The molecule has 2 aromatic rings. The maximum Gasteiger partial charge on any atom is 0.248 e. The summed E-state index contributed by atoms with van der Waals surface area (Å²) in [6, 6.07) is 12.6. The molecule has 0 bridgehead atoms. The Morgan fingerprint density at radius 1 is 1.21 bits per heavy atom. The first kappa shape index (κ1) is 20.2. The molecule has 28 heavy (non-hydrogen) atoms. The van der Waals surface area contributed by atoms with Crippen molar-refractivity contribution in [2.45, 2.75) is 39.2 Å². The van der Waals surface area contributed by atoms with Gasteiger partial charge in [0.2, 0.25) is 5.91 Å². The quantitative estimate of drug-likeness (QED) is 0.774. The van der Waals surface area contributed by atoms with E-state index in [1.165, 1.54) is 16.8 Å². The lowest BCUT2D eigenvalue weighted by Gasteiger charge is -2.40. The molecule has 5 heteroatoms. The molecule has 1 aliphatic rings. The number of amides is 1. The van der Waals surface area contributed by atoms with Crippen molar-refractivity contribution in [3.8, 4) is 5.75 Å². The molecule has 0 radical (unpaired) electrons. The Morgan fingerprint density at radius 3 is 2.68 bits per heavy atom. The molecule has 1 amide bonds. The topological polar surface area (TPSA) is 67.6 Å². The minimum absolute atomic E-state index is 0.341. The molecule has 0 spiro atoms. The molecule has 0 aromatic heterocycles. The highest BCUT2D eigenvalue weighted by Gasteiger charge is 2.26. The van der Waals surface area contributed by atoms with E-state index in [0.29, 0.717) is 11.6 Å². The fraction of sp³-hybridized carbons (Fsp3) is 0.435. The molecule has 1 unspecified atom stereocenters. The zero-order valence-corrected chi connectivity index (χ0v) is 17.1. The van der Waals surface area contributed by atoms with E-state index >= 15 is 0 Å². The standard InChI is InChI=1S/C23H31N3O2/c1-4-19-20(5-2)22(10-9-21(19)23(24)27)26-12-11-25-15-17(26)13-16-7-6-8-18(14-16)28-3/h6-10,14,17,25H,4-5,11-13,15H2,1-3H3,(H2,24,27). The number of benzene rings is 2. The molecule has 150 valence electrons. The van der Waals surface area contributed by atoms with Crippen LogP contribution >= 0.6 is 0 Å². The van der Waals surface area contributed by atoms with Crippen LogP contribution in [0, 0.1) is 0 Å². The van der Waals surface area contributed by atoms with Crippen molar-refractivity contribution in [1.82, 2.24) is 5.32 Å². The molecule has 3 rings (SSSR count). The average Bonchev–Trinajstić information content (AvgIpc) is 2.73. The Labute approximate surface area is 167 Å². The van der Waals surface area contributed by atoms with Crippen molar-refractivity contribution < 1.29 is 9.53 Å². The molecular formula is C23H31N3O2. The molecule has 5 nitrogen and oxygen atoms in total. The van der Waals surface area contributed by atoms with Crippen LogP contribution in [0.5, 0.6) is 5.75 Å². The number of rotatable bonds is 7. The normalized spacial score (nSPS) is 16.8. The number of anilines is 1. The monoisotopic (exact) mass is 381 g/mol. The van der Waals surface area contributed by atoms with Gasteiger partial charge in [-0.15, -0.1) is 0 Å². The summed E-state index contributed by atoms with van der Waals surface area (Å²) in [5.41, 5.74) is 11.1. The van der Waals surface area contributed by atoms with Crippen LogP contribution in [0.15, 0.2) is 36.4 Å². The van der Waals surface area contributed by atoms with Gasteiger partial charge in [0.15, 0.2) is 0 Å². The first-order valence-corrected chi connectivity index (χ1v) is 10.1. The van der Waals surface area contributed by atoms with Crippen LogP contribution in [0.1, 0.15) is 40.9 Å². The Balaban J connectivity index is 1.96. The van der Waals surface area contributed by atoms with Crippen molar-refractivity contribution >= 4 is 11.6 Å². The largest absolute Gasteiger partial charge is 0.497 e. The van der Waals surface area contributed by atoms with Gasteiger partial charge in [0, 0.05) is 36.9 Å². The summed E-state index contributed by atoms with van der Waals surface area (Å²) in [4.78, 5) is 14.4. The van der Waals surface area contributed by atoms with Crippen molar-refractivity contribution in [2.75, 3.05) is 31.6 Å². The smallest absolute Gasteiger partial charge is 0.248 e. The zero-order chi connectivity index (χ0) is 20.1. The Morgan fingerprint density at radius 2 is 2.00 bits per heavy atom. The van der Waals surface area contributed by atoms with Gasteiger partial charge in [-0.3, -0.25) is 4.79 Å². The molecular weight excluding hydrogens is 350 g/mol. The summed E-state index contributed by atoms with van der Waals surface area (Å²) in [6.07, 6.45) is 2.63. The third-order valence-electron chi connectivity index (χ3n) is 5.64. The van der Waals surface area contributed by atoms with Gasteiger partial charge in [0.1, 0.15) is 5.75 Å². The third-order valence-corrected chi connectivity index (χ3v) is 5.64. The Hall–Kier alpha value is -2.53. The van der Waals surface area contributed by atoms with Gasteiger partial charge in [-0.05, 0) is 60.2 Å². The van der Waals surface area contributed by atoms with Crippen LogP contribution in [0.2, 0.25) is 0 Å². The fourth-order valence-corrected chi connectivity index (χ4v) is 4.31. The second kappa shape index (κ2) is 9.11. The molecule has 3 N–H and O–H groups in total. The molecule has 2 aromatic carbocycles. The summed E-state index contributed by atoms with van der Waals surface area (Å²) in [5, 5.41) is 3.53. The summed E-state index contributed by atoms with van der Waals surface area (Å²) >= 11 is 0. The van der Waals surface area contributed by atoms with Gasteiger partial charge >= 0.3 is 0 Å². The van der Waals surface area contributed by atoms with Gasteiger partial charge in [-0.1, -0.05) is 26.0 Å². The molecule has 1 heterocycles. The minimum atomic E-state index is -0.341. The first-order chi connectivity index (χ1) is 13.6. The maximum atomic E-state index is 11.9. The SMILES string of the molecule is CCc1c(C(N)=O)ccc(N2CCNCC2Cc2cccc(OC)c2)c1CC. The molecule has 1 saturated heterocycles. The zero-order valence-electron chi connectivity index (χ0n) is 17.1. The van der Waals surface area contributed by atoms with E-state index in [1.54, 1.807) is 7.11 Å². The molecule has 1 aliphatic heterocycles. The number of piperazine rings is 1. The lowest BCUT2D eigenvalue weighted by atomic mass is 9.92. The number of nitrogens with one attached hydrogen (secondary N) is 1. The minimum Gasteiger partial charge on any atom is -0.497 e. The highest BCUT2D eigenvalue weighted by atomic mass is 16.5. The second-order valence-electron chi connectivity index (χ2n) is 7.27. The Kier molecular flexibility index (Phi) is 6.57. The third kappa shape index (κ3) is 4.14. The lowest BCUT2D eigenvalue weighted by Crippen LogP contribution is -2.52. The van der Waals surface area contributed by atoms with Crippen molar-refractivity contribution in [2.24, 2.45) is 5.73 Å². The van der Waals surface area contributed by atoms with E-state index in [4.69, 9.17) is 10.5 Å². The van der Waals surface area contributed by atoms with Crippen LogP contribution in [-0.2, 0) is 19.3 Å². The summed E-state index contributed by atoms with van der Waals surface area (Å²) in [7, 11) is 1.70. The summed E-state index contributed by atoms with van der Waals surface area (Å²) in [6.45, 7) is 7.08. The van der Waals surface area contributed by atoms with E-state index in [-0.39, 0.29) is 5.91 Å². The van der Waals surface area contributed by atoms with Crippen LogP contribution in [-0.4, -0.2) is 38.7 Å². The number of nitrogens with zero attached hydrogens (tertiary/aromatic N) is 1. The van der Waals surface area contributed by atoms with E-state index in [1.807, 2.05) is 18.2 Å². The van der Waals surface area contributed by atoms with Crippen molar-refractivity contribution in [3.63, 3.8) is 0 Å². The molecule has 0 saturated carbocycles. The number of hydrogen-bond donors (Lipinski definition) is 2. The molecule has 1 atom stereocenters. The van der Waals surface area contributed by atoms with Crippen LogP contribution in [0.25, 0.3) is 0 Å². The van der Waals surface area contributed by atoms with Crippen LogP contribution in [0.4, 0.5) is 5.69 Å². The first-order valence-electron chi connectivity index (χ1n) is 10.1. The van der Waals surface area contributed by atoms with Crippen molar-refractivity contribution in [3.05, 3.63) is 58.7 Å². The van der Waals surface area contributed by atoms with Gasteiger partial charge in [0.25, 0.3) is 0 Å². The predicted octanol–water partition coefficient (Wildman–Crippen LogP) is 2.94. The maximum absolute atomic E-state index is 11.9. The van der Waals surface area contributed by atoms with E-state index in [0.717, 1.165) is 50.2 Å². The van der Waals surface area contributed by atoms with Gasteiger partial charge in [-0.2, -0.15) is 0 Å². The van der Waals surface area contributed by atoms with E-state index in [9.17, 15) is 4.79 Å². The van der Waals surface area contributed by atoms with Gasteiger partial charge in [0.05, 0.1) is 7.11 Å². The van der Waals surface area contributed by atoms with E-state index in [2.05, 4.69) is 42.3 Å². The van der Waals surface area contributed by atoms with Gasteiger partial charge < -0.3 is 20.7 Å². The number of carbonyl (C=O) groups is 1. The van der Waals surface area contributed by atoms with Crippen LogP contribution < -0.4 is 20.7 Å². The summed E-state index contributed by atoms with van der Waals surface area (Å²) in [5.74, 6) is 0.549.